The van der Waals surface area contributed by atoms with Gasteiger partial charge in [-0.15, -0.1) is 0 Å². The number of hydrogen-bond donors (Lipinski definition) is 1. The molecule has 15 heteroatoms. The van der Waals surface area contributed by atoms with Crippen molar-refractivity contribution in [2.75, 3.05) is 13.1 Å². The van der Waals surface area contributed by atoms with Crippen LogP contribution in [-0.4, -0.2) is 46.4 Å². The van der Waals surface area contributed by atoms with Crippen LogP contribution in [0.2, 0.25) is 0 Å². The number of sulfonamides is 1. The van der Waals surface area contributed by atoms with Crippen molar-refractivity contribution in [2.45, 2.75) is 57.3 Å². The third-order valence-corrected chi connectivity index (χ3v) is 8.45. The first kappa shape index (κ1) is 30.0. The first-order chi connectivity index (χ1) is 19.2. The average molecular weight is 596 g/mol. The lowest BCUT2D eigenvalue weighted by Gasteiger charge is -2.19. The highest BCUT2D eigenvalue weighted by Gasteiger charge is 2.33. The molecule has 2 heterocycles. The van der Waals surface area contributed by atoms with Crippen molar-refractivity contribution in [2.24, 2.45) is 0 Å². The van der Waals surface area contributed by atoms with Crippen molar-refractivity contribution in [1.82, 2.24) is 19.4 Å². The molecule has 0 radical (unpaired) electrons. The summed E-state index contributed by atoms with van der Waals surface area (Å²) in [6.45, 7) is 5.36. The first-order valence-electron chi connectivity index (χ1n) is 12.7. The van der Waals surface area contributed by atoms with E-state index in [2.05, 4.69) is 10.4 Å². The van der Waals surface area contributed by atoms with Gasteiger partial charge in [0.2, 0.25) is 15.9 Å². The van der Waals surface area contributed by atoms with Gasteiger partial charge < -0.3 is 10.1 Å². The quantitative estimate of drug-likeness (QED) is 0.265. The molecule has 1 fully saturated rings. The highest BCUT2D eigenvalue weighted by molar-refractivity contribution is 7.89. The standard InChI is InChI=1S/C26H28F3N5O6S/c1-16(2)33-25(17(3)23(31-33)24(35)30-15-18-7-6-8-19(13-18)26(27,28)29)40-21-10-9-20(34(36)37)14-22(21)41(38,39)32-11-4-5-12-32/h6-10,13-14,16H,4-5,11-12,15H2,1-3H3,(H,30,35). The summed E-state index contributed by atoms with van der Waals surface area (Å²) in [6.07, 6.45) is -3.22. The zero-order valence-corrected chi connectivity index (χ0v) is 23.3. The maximum atomic E-state index is 13.4. The lowest BCUT2D eigenvalue weighted by atomic mass is 10.1. The molecule has 0 atom stereocenters. The molecule has 1 saturated heterocycles. The summed E-state index contributed by atoms with van der Waals surface area (Å²) in [7, 11) is -4.14. The minimum atomic E-state index is -4.53. The molecule has 0 unspecified atom stereocenters. The van der Waals surface area contributed by atoms with Crippen LogP contribution < -0.4 is 10.1 Å². The smallest absolute Gasteiger partial charge is 0.416 e. The van der Waals surface area contributed by atoms with Gasteiger partial charge in [0, 0.05) is 37.3 Å². The minimum absolute atomic E-state index is 0.0379. The minimum Gasteiger partial charge on any atom is -0.438 e. The number of carbonyl (C=O) groups is 1. The largest absolute Gasteiger partial charge is 0.438 e. The summed E-state index contributed by atoms with van der Waals surface area (Å²) in [5.41, 5.74) is -0.884. The summed E-state index contributed by atoms with van der Waals surface area (Å²) in [5, 5.41) is 18.3. The SMILES string of the molecule is Cc1c(C(=O)NCc2cccc(C(F)(F)F)c2)nn(C(C)C)c1Oc1ccc([N+](=O)[O-])cc1S(=O)(=O)N1CCCC1. The van der Waals surface area contributed by atoms with E-state index < -0.39 is 38.3 Å². The van der Waals surface area contributed by atoms with Crippen molar-refractivity contribution >= 4 is 21.6 Å². The molecule has 1 N–H and O–H groups in total. The molecule has 11 nitrogen and oxygen atoms in total. The van der Waals surface area contributed by atoms with E-state index in [4.69, 9.17) is 4.74 Å². The number of nitro benzene ring substituents is 1. The zero-order chi connectivity index (χ0) is 30.1. The molecule has 41 heavy (non-hydrogen) atoms. The molecule has 3 aromatic rings. The van der Waals surface area contributed by atoms with Crippen LogP contribution in [0.4, 0.5) is 18.9 Å². The van der Waals surface area contributed by atoms with E-state index in [0.717, 1.165) is 24.3 Å². The summed E-state index contributed by atoms with van der Waals surface area (Å²) in [5.74, 6) is -0.822. The van der Waals surface area contributed by atoms with Crippen LogP contribution in [0.1, 0.15) is 59.9 Å². The zero-order valence-electron chi connectivity index (χ0n) is 22.4. The fraction of sp³-hybridized carbons (Fsp3) is 0.385. The number of ether oxygens (including phenoxy) is 1. The third kappa shape index (κ3) is 6.35. The highest BCUT2D eigenvalue weighted by atomic mass is 32.2. The van der Waals surface area contributed by atoms with Gasteiger partial charge in [-0.05, 0) is 57.4 Å². The van der Waals surface area contributed by atoms with E-state index in [1.165, 1.54) is 34.1 Å². The Balaban J connectivity index is 1.67. The maximum absolute atomic E-state index is 13.4. The van der Waals surface area contributed by atoms with Crippen molar-refractivity contribution < 1.29 is 36.0 Å². The number of non-ortho nitro benzene ring substituents is 1. The Bertz CT molecular complexity index is 1580. The molecule has 1 aliphatic heterocycles. The second kappa shape index (κ2) is 11.5. The summed E-state index contributed by atoms with van der Waals surface area (Å²) >= 11 is 0. The normalized spacial score (nSPS) is 14.4. The summed E-state index contributed by atoms with van der Waals surface area (Å²) in [4.78, 5) is 23.4. The molecular formula is C26H28F3N5O6S. The Morgan fingerprint density at radius 3 is 2.46 bits per heavy atom. The van der Waals surface area contributed by atoms with Gasteiger partial charge in [0.15, 0.2) is 5.69 Å². The molecule has 1 aromatic heterocycles. The number of nitrogens with one attached hydrogen (secondary N) is 1. The fourth-order valence-electron chi connectivity index (χ4n) is 4.38. The second-order valence-electron chi connectivity index (χ2n) is 9.80. The Labute approximate surface area is 234 Å². The van der Waals surface area contributed by atoms with Crippen molar-refractivity contribution in [3.8, 4) is 11.6 Å². The van der Waals surface area contributed by atoms with Crippen molar-refractivity contribution in [3.05, 3.63) is 75.0 Å². The van der Waals surface area contributed by atoms with Gasteiger partial charge >= 0.3 is 6.18 Å². The van der Waals surface area contributed by atoms with Gasteiger partial charge in [0.05, 0.1) is 16.5 Å². The number of nitrogens with zero attached hydrogens (tertiary/aromatic N) is 4. The number of alkyl halides is 3. The summed E-state index contributed by atoms with van der Waals surface area (Å²) < 4.78 is 74.6. The molecular weight excluding hydrogens is 567 g/mol. The number of benzene rings is 2. The summed E-state index contributed by atoms with van der Waals surface area (Å²) in [6, 6.07) is 7.44. The van der Waals surface area contributed by atoms with E-state index in [1.807, 2.05) is 0 Å². The van der Waals surface area contributed by atoms with E-state index in [0.29, 0.717) is 12.8 Å². The van der Waals surface area contributed by atoms with Crippen LogP contribution in [0.5, 0.6) is 11.6 Å². The lowest BCUT2D eigenvalue weighted by molar-refractivity contribution is -0.385. The topological polar surface area (TPSA) is 137 Å². The molecule has 0 bridgehead atoms. The van der Waals surface area contributed by atoms with Crippen LogP contribution in [-0.2, 0) is 22.7 Å². The Hall–Kier alpha value is -3.98. The van der Waals surface area contributed by atoms with Crippen LogP contribution in [0.25, 0.3) is 0 Å². The second-order valence-corrected chi connectivity index (χ2v) is 11.7. The van der Waals surface area contributed by atoms with Gasteiger partial charge in [-0.25, -0.2) is 13.1 Å². The van der Waals surface area contributed by atoms with E-state index in [1.54, 1.807) is 13.8 Å². The van der Waals surface area contributed by atoms with Gasteiger partial charge in [-0.2, -0.15) is 22.6 Å². The van der Waals surface area contributed by atoms with Gasteiger partial charge in [0.25, 0.3) is 11.6 Å². The Kier molecular flexibility index (Phi) is 8.40. The molecule has 220 valence electrons. The lowest BCUT2D eigenvalue weighted by Crippen LogP contribution is -2.28. The Morgan fingerprint density at radius 2 is 1.85 bits per heavy atom. The Morgan fingerprint density at radius 1 is 1.17 bits per heavy atom. The van der Waals surface area contributed by atoms with Crippen LogP contribution in [0, 0.1) is 17.0 Å². The van der Waals surface area contributed by atoms with Gasteiger partial charge in [0.1, 0.15) is 10.6 Å². The third-order valence-electron chi connectivity index (χ3n) is 6.53. The molecule has 2 aromatic carbocycles. The number of halogens is 3. The number of amides is 1. The van der Waals surface area contributed by atoms with E-state index >= 15 is 0 Å². The van der Waals surface area contributed by atoms with E-state index in [9.17, 15) is 36.5 Å². The number of carbonyl (C=O) groups excluding carboxylic acids is 1. The van der Waals surface area contributed by atoms with Crippen LogP contribution >= 0.6 is 0 Å². The monoisotopic (exact) mass is 595 g/mol. The molecule has 1 amide bonds. The van der Waals surface area contributed by atoms with Crippen LogP contribution in [0.3, 0.4) is 0 Å². The number of nitro groups is 1. The average Bonchev–Trinajstić information content (AvgIpc) is 3.57. The van der Waals surface area contributed by atoms with Gasteiger partial charge in [-0.1, -0.05) is 12.1 Å². The highest BCUT2D eigenvalue weighted by Crippen LogP contribution is 2.37. The molecule has 1 aliphatic rings. The number of aromatic nitrogens is 2. The van der Waals surface area contributed by atoms with Crippen LogP contribution in [0.15, 0.2) is 47.4 Å². The fourth-order valence-corrected chi connectivity index (χ4v) is 6.03. The van der Waals surface area contributed by atoms with Crippen molar-refractivity contribution in [3.63, 3.8) is 0 Å². The molecule has 0 aliphatic carbocycles. The van der Waals surface area contributed by atoms with Crippen molar-refractivity contribution in [1.29, 1.82) is 0 Å². The number of rotatable bonds is 9. The maximum Gasteiger partial charge on any atom is 0.416 e. The number of hydrogen-bond acceptors (Lipinski definition) is 7. The molecule has 0 saturated carbocycles. The molecule has 4 rings (SSSR count). The predicted octanol–water partition coefficient (Wildman–Crippen LogP) is 5.21. The van der Waals surface area contributed by atoms with Gasteiger partial charge in [-0.3, -0.25) is 14.9 Å². The predicted molar refractivity (Wildman–Crippen MR) is 141 cm³/mol. The molecule has 0 spiro atoms. The van der Waals surface area contributed by atoms with E-state index in [-0.39, 0.29) is 59.0 Å². The first-order valence-corrected chi connectivity index (χ1v) is 14.1.